The summed E-state index contributed by atoms with van der Waals surface area (Å²) in [5, 5.41) is 2.41. The molecule has 0 bridgehead atoms. The van der Waals surface area contributed by atoms with E-state index in [-0.39, 0.29) is 23.0 Å². The number of alkyl halides is 3. The van der Waals surface area contributed by atoms with E-state index in [0.717, 1.165) is 12.1 Å². The number of hydrogen-bond acceptors (Lipinski definition) is 3. The van der Waals surface area contributed by atoms with E-state index in [0.29, 0.717) is 11.3 Å². The maximum atomic E-state index is 12.8. The molecule has 0 saturated carbocycles. The van der Waals surface area contributed by atoms with Crippen molar-refractivity contribution >= 4 is 17.6 Å². The lowest BCUT2D eigenvalue weighted by Gasteiger charge is -2.10. The Bertz CT molecular complexity index is 839. The minimum Gasteiger partial charge on any atom is -0.459 e. The molecule has 0 saturated heterocycles. The summed E-state index contributed by atoms with van der Waals surface area (Å²) in [4.78, 5) is 27.4. The molecular weight excluding hydrogens is 349 g/mol. The largest absolute Gasteiger partial charge is 0.459 e. The Morgan fingerprint density at radius 1 is 1.19 bits per heavy atom. The third-order valence-electron chi connectivity index (χ3n) is 3.66. The van der Waals surface area contributed by atoms with Crippen LogP contribution in [0, 0.1) is 13.8 Å². The molecule has 0 aliphatic heterocycles. The van der Waals surface area contributed by atoms with E-state index in [2.05, 4.69) is 10.3 Å². The van der Waals surface area contributed by atoms with Gasteiger partial charge in [0.2, 0.25) is 0 Å². The third-order valence-corrected chi connectivity index (χ3v) is 3.66. The molecule has 2 N–H and O–H groups in total. The van der Waals surface area contributed by atoms with Crippen LogP contribution in [0.2, 0.25) is 0 Å². The number of ether oxygens (including phenoxy) is 1. The topological polar surface area (TPSA) is 71.2 Å². The van der Waals surface area contributed by atoms with Crippen LogP contribution < -0.4 is 5.32 Å². The molecule has 2 rings (SSSR count). The van der Waals surface area contributed by atoms with Gasteiger partial charge in [-0.1, -0.05) is 6.07 Å². The molecule has 0 atom stereocenters. The quantitative estimate of drug-likeness (QED) is 0.783. The predicted octanol–water partition coefficient (Wildman–Crippen LogP) is 4.47. The highest BCUT2D eigenvalue weighted by molar-refractivity contribution is 6.06. The summed E-state index contributed by atoms with van der Waals surface area (Å²) in [6, 6.07) is 4.32. The van der Waals surface area contributed by atoms with Gasteiger partial charge in [-0.2, -0.15) is 13.2 Å². The first-order chi connectivity index (χ1) is 12.0. The fraction of sp³-hybridized carbons (Fsp3) is 0.333. The lowest BCUT2D eigenvalue weighted by Crippen LogP contribution is -2.16. The van der Waals surface area contributed by atoms with Gasteiger partial charge < -0.3 is 15.0 Å². The number of hydrogen-bond donors (Lipinski definition) is 2. The number of esters is 1. The van der Waals surface area contributed by atoms with Crippen LogP contribution in [0.4, 0.5) is 18.9 Å². The molecule has 1 heterocycles. The van der Waals surface area contributed by atoms with Crippen LogP contribution in [0.15, 0.2) is 24.3 Å². The second kappa shape index (κ2) is 7.23. The van der Waals surface area contributed by atoms with E-state index in [4.69, 9.17) is 4.74 Å². The minimum absolute atomic E-state index is 0.00258. The van der Waals surface area contributed by atoms with E-state index in [1.807, 2.05) is 0 Å². The van der Waals surface area contributed by atoms with Gasteiger partial charge in [-0.15, -0.1) is 0 Å². The Balaban J connectivity index is 2.27. The number of carbonyl (C=O) groups excluding carboxylic acids is 2. The smallest absolute Gasteiger partial charge is 0.416 e. The summed E-state index contributed by atoms with van der Waals surface area (Å²) in [5.74, 6) is -1.21. The van der Waals surface area contributed by atoms with E-state index in [1.165, 1.54) is 12.1 Å². The van der Waals surface area contributed by atoms with Crippen molar-refractivity contribution < 1.29 is 27.5 Å². The Hall–Kier alpha value is -2.77. The van der Waals surface area contributed by atoms with Gasteiger partial charge in [0.05, 0.1) is 17.2 Å². The van der Waals surface area contributed by atoms with E-state index >= 15 is 0 Å². The van der Waals surface area contributed by atoms with Gasteiger partial charge in [-0.25, -0.2) is 4.79 Å². The van der Waals surface area contributed by atoms with Gasteiger partial charge in [0.25, 0.3) is 5.91 Å². The molecule has 0 aliphatic rings. The molecule has 0 spiro atoms. The van der Waals surface area contributed by atoms with Gasteiger partial charge in [-0.05, 0) is 51.5 Å². The molecule has 8 heteroatoms. The first kappa shape index (κ1) is 19.6. The van der Waals surface area contributed by atoms with Crippen LogP contribution in [-0.4, -0.2) is 23.0 Å². The average molecular weight is 368 g/mol. The third kappa shape index (κ3) is 4.25. The van der Waals surface area contributed by atoms with Crippen molar-refractivity contribution in [2.24, 2.45) is 0 Å². The zero-order chi connectivity index (χ0) is 19.6. The maximum Gasteiger partial charge on any atom is 0.416 e. The Labute approximate surface area is 148 Å². The standard InChI is InChI=1S/C18H19F3N2O3/c1-9(2)26-17(25)14-10(3)15(22-11(14)4)16(24)23-13-7-5-6-12(8-13)18(19,20)21/h5-9,22H,1-4H3,(H,23,24). The van der Waals surface area contributed by atoms with Gasteiger partial charge in [0.15, 0.2) is 0 Å². The van der Waals surface area contributed by atoms with E-state index < -0.39 is 23.6 Å². The zero-order valence-corrected chi connectivity index (χ0v) is 14.7. The summed E-state index contributed by atoms with van der Waals surface area (Å²) in [6.07, 6.45) is -4.83. The van der Waals surface area contributed by atoms with Gasteiger partial charge in [0.1, 0.15) is 5.69 Å². The highest BCUT2D eigenvalue weighted by atomic mass is 19.4. The molecule has 0 fully saturated rings. The number of nitrogens with one attached hydrogen (secondary N) is 2. The maximum absolute atomic E-state index is 12.8. The van der Waals surface area contributed by atoms with Crippen LogP contribution in [-0.2, 0) is 10.9 Å². The first-order valence-corrected chi connectivity index (χ1v) is 7.89. The van der Waals surface area contributed by atoms with Crippen LogP contribution in [0.3, 0.4) is 0 Å². The highest BCUT2D eigenvalue weighted by Crippen LogP contribution is 2.31. The van der Waals surface area contributed by atoms with Crippen LogP contribution in [0.25, 0.3) is 0 Å². The molecule has 1 aromatic heterocycles. The normalized spacial score (nSPS) is 11.5. The molecule has 2 aromatic rings. The van der Waals surface area contributed by atoms with Crippen LogP contribution in [0.1, 0.15) is 51.5 Å². The molecule has 0 aliphatic carbocycles. The van der Waals surface area contributed by atoms with Crippen LogP contribution in [0.5, 0.6) is 0 Å². The molecule has 5 nitrogen and oxygen atoms in total. The summed E-state index contributed by atoms with van der Waals surface area (Å²) < 4.78 is 43.5. The molecule has 0 radical (unpaired) electrons. The van der Waals surface area contributed by atoms with Crippen molar-refractivity contribution in [3.8, 4) is 0 Å². The number of amides is 1. The number of aryl methyl sites for hydroxylation is 1. The second-order valence-corrected chi connectivity index (χ2v) is 6.11. The summed E-state index contributed by atoms with van der Waals surface area (Å²) in [5.41, 5.74) is 0.294. The summed E-state index contributed by atoms with van der Waals surface area (Å²) in [6.45, 7) is 6.60. The predicted molar refractivity (Wildman–Crippen MR) is 90.2 cm³/mol. The number of aromatic nitrogens is 1. The number of rotatable bonds is 4. The van der Waals surface area contributed by atoms with Gasteiger partial charge in [-0.3, -0.25) is 4.79 Å². The number of halogens is 3. The Kier molecular flexibility index (Phi) is 5.44. The van der Waals surface area contributed by atoms with E-state index in [9.17, 15) is 22.8 Å². The van der Waals surface area contributed by atoms with Crippen molar-refractivity contribution in [3.05, 3.63) is 52.3 Å². The first-order valence-electron chi connectivity index (χ1n) is 7.89. The van der Waals surface area contributed by atoms with E-state index in [1.54, 1.807) is 27.7 Å². The number of aromatic amines is 1. The lowest BCUT2D eigenvalue weighted by atomic mass is 10.1. The van der Waals surface area contributed by atoms with Crippen molar-refractivity contribution in [2.45, 2.75) is 40.0 Å². The minimum atomic E-state index is -4.51. The Morgan fingerprint density at radius 3 is 2.42 bits per heavy atom. The van der Waals surface area contributed by atoms with Gasteiger partial charge in [0, 0.05) is 11.4 Å². The number of benzene rings is 1. The molecular formula is C18H19F3N2O3. The Morgan fingerprint density at radius 2 is 1.85 bits per heavy atom. The van der Waals surface area contributed by atoms with Crippen molar-refractivity contribution in [1.29, 1.82) is 0 Å². The summed E-state index contributed by atoms with van der Waals surface area (Å²) in [7, 11) is 0. The SMILES string of the molecule is Cc1[nH]c(C(=O)Nc2cccc(C(F)(F)F)c2)c(C)c1C(=O)OC(C)C. The molecule has 26 heavy (non-hydrogen) atoms. The fourth-order valence-electron chi connectivity index (χ4n) is 2.52. The molecule has 140 valence electrons. The highest BCUT2D eigenvalue weighted by Gasteiger charge is 2.30. The number of H-pyrrole nitrogens is 1. The molecule has 1 amide bonds. The average Bonchev–Trinajstić information content (AvgIpc) is 2.81. The zero-order valence-electron chi connectivity index (χ0n) is 14.7. The van der Waals surface area contributed by atoms with Crippen molar-refractivity contribution in [3.63, 3.8) is 0 Å². The fourth-order valence-corrected chi connectivity index (χ4v) is 2.52. The lowest BCUT2D eigenvalue weighted by molar-refractivity contribution is -0.137. The van der Waals surface area contributed by atoms with Crippen molar-refractivity contribution in [2.75, 3.05) is 5.32 Å². The van der Waals surface area contributed by atoms with Gasteiger partial charge >= 0.3 is 12.1 Å². The van der Waals surface area contributed by atoms with Crippen LogP contribution >= 0.6 is 0 Å². The molecule has 1 aromatic carbocycles. The summed E-state index contributed by atoms with van der Waals surface area (Å²) >= 11 is 0. The molecule has 0 unspecified atom stereocenters. The monoisotopic (exact) mass is 368 g/mol. The van der Waals surface area contributed by atoms with Crippen molar-refractivity contribution in [1.82, 2.24) is 4.98 Å². The number of carbonyl (C=O) groups is 2. The second-order valence-electron chi connectivity index (χ2n) is 6.11. The number of anilines is 1.